The van der Waals surface area contributed by atoms with Gasteiger partial charge >= 0.3 is 0 Å². The predicted molar refractivity (Wildman–Crippen MR) is 87.7 cm³/mol. The summed E-state index contributed by atoms with van der Waals surface area (Å²) < 4.78 is 5.53. The number of nitrogens with one attached hydrogen (secondary N) is 1. The van der Waals surface area contributed by atoms with E-state index in [0.717, 1.165) is 24.4 Å². The fourth-order valence-corrected chi connectivity index (χ4v) is 2.47. The Morgan fingerprint density at radius 1 is 1.25 bits per heavy atom. The lowest BCUT2D eigenvalue weighted by atomic mass is 9.89. The highest BCUT2D eigenvalue weighted by Crippen LogP contribution is 2.30. The van der Waals surface area contributed by atoms with Crippen LogP contribution in [0.2, 0.25) is 5.02 Å². The van der Waals surface area contributed by atoms with E-state index in [2.05, 4.69) is 45.1 Å². The molecule has 0 aromatic heterocycles. The second kappa shape index (κ2) is 8.02. The fourth-order valence-electron chi connectivity index (χ4n) is 2.18. The zero-order valence-electron chi connectivity index (χ0n) is 13.4. The van der Waals surface area contributed by atoms with E-state index in [4.69, 9.17) is 16.3 Å². The molecular formula is C17H28ClNO. The number of benzene rings is 1. The molecular weight excluding hydrogens is 270 g/mol. The summed E-state index contributed by atoms with van der Waals surface area (Å²) >= 11 is 6.36. The van der Waals surface area contributed by atoms with Crippen molar-refractivity contribution in [2.45, 2.75) is 58.1 Å². The third-order valence-electron chi connectivity index (χ3n) is 3.76. The molecule has 1 rings (SSSR count). The van der Waals surface area contributed by atoms with Gasteiger partial charge in [-0.05, 0) is 44.2 Å². The Morgan fingerprint density at radius 2 is 1.90 bits per heavy atom. The van der Waals surface area contributed by atoms with Gasteiger partial charge in [-0.25, -0.2) is 0 Å². The van der Waals surface area contributed by atoms with E-state index in [9.17, 15) is 0 Å². The molecule has 1 atom stereocenters. The van der Waals surface area contributed by atoms with Crippen LogP contribution in [-0.2, 0) is 4.74 Å². The van der Waals surface area contributed by atoms with Crippen LogP contribution >= 0.6 is 11.6 Å². The van der Waals surface area contributed by atoms with Gasteiger partial charge in [-0.1, -0.05) is 43.6 Å². The molecule has 0 amide bonds. The van der Waals surface area contributed by atoms with Gasteiger partial charge in [-0.3, -0.25) is 0 Å². The number of methoxy groups -OCH3 is 1. The molecule has 20 heavy (non-hydrogen) atoms. The van der Waals surface area contributed by atoms with Gasteiger partial charge in [0.05, 0.1) is 5.60 Å². The summed E-state index contributed by atoms with van der Waals surface area (Å²) in [6.45, 7) is 9.55. The minimum absolute atomic E-state index is 0.0860. The molecule has 0 bridgehead atoms. The summed E-state index contributed by atoms with van der Waals surface area (Å²) in [5.74, 6) is 0.417. The lowest BCUT2D eigenvalue weighted by Crippen LogP contribution is -2.30. The van der Waals surface area contributed by atoms with E-state index in [-0.39, 0.29) is 5.60 Å². The molecule has 0 spiro atoms. The van der Waals surface area contributed by atoms with Crippen LogP contribution in [0.15, 0.2) is 24.3 Å². The van der Waals surface area contributed by atoms with Crippen molar-refractivity contribution < 1.29 is 4.74 Å². The van der Waals surface area contributed by atoms with Gasteiger partial charge in [0, 0.05) is 24.7 Å². The first-order valence-corrected chi connectivity index (χ1v) is 7.76. The van der Waals surface area contributed by atoms with E-state index in [0.29, 0.717) is 12.0 Å². The Bertz CT molecular complexity index is 404. The van der Waals surface area contributed by atoms with Crippen LogP contribution in [0.4, 0.5) is 0 Å². The molecule has 0 heterocycles. The zero-order valence-corrected chi connectivity index (χ0v) is 14.1. The third kappa shape index (κ3) is 5.82. The highest BCUT2D eigenvalue weighted by molar-refractivity contribution is 6.31. The SMILES string of the molecule is COC(C)(C)CCC(CNC(C)C)c1ccccc1Cl. The fraction of sp³-hybridized carbons (Fsp3) is 0.647. The highest BCUT2D eigenvalue weighted by atomic mass is 35.5. The van der Waals surface area contributed by atoms with Crippen LogP contribution in [0, 0.1) is 0 Å². The molecule has 0 aliphatic carbocycles. The normalized spacial score (nSPS) is 13.8. The van der Waals surface area contributed by atoms with Crippen molar-refractivity contribution >= 4 is 11.6 Å². The van der Waals surface area contributed by atoms with Crippen LogP contribution in [0.5, 0.6) is 0 Å². The molecule has 1 unspecified atom stereocenters. The monoisotopic (exact) mass is 297 g/mol. The number of hydrogen-bond donors (Lipinski definition) is 1. The first kappa shape index (κ1) is 17.5. The molecule has 0 aliphatic rings. The van der Waals surface area contributed by atoms with Gasteiger partial charge in [-0.2, -0.15) is 0 Å². The number of rotatable bonds is 8. The Kier molecular flexibility index (Phi) is 7.01. The van der Waals surface area contributed by atoms with Gasteiger partial charge in [-0.15, -0.1) is 0 Å². The molecule has 3 heteroatoms. The molecule has 2 nitrogen and oxygen atoms in total. The van der Waals surface area contributed by atoms with E-state index in [1.807, 2.05) is 12.1 Å². The molecule has 0 saturated heterocycles. The average Bonchev–Trinajstić information content (AvgIpc) is 2.40. The maximum atomic E-state index is 6.36. The van der Waals surface area contributed by atoms with Crippen molar-refractivity contribution in [2.75, 3.05) is 13.7 Å². The Labute approximate surface area is 128 Å². The molecule has 1 aromatic carbocycles. The van der Waals surface area contributed by atoms with Gasteiger partial charge in [0.15, 0.2) is 0 Å². The predicted octanol–water partition coefficient (Wildman–Crippen LogP) is 4.63. The minimum atomic E-state index is -0.0860. The zero-order chi connectivity index (χ0) is 15.2. The van der Waals surface area contributed by atoms with E-state index in [1.54, 1.807) is 7.11 Å². The molecule has 0 radical (unpaired) electrons. The first-order valence-electron chi connectivity index (χ1n) is 7.38. The Morgan fingerprint density at radius 3 is 2.45 bits per heavy atom. The number of hydrogen-bond acceptors (Lipinski definition) is 2. The first-order chi connectivity index (χ1) is 9.35. The summed E-state index contributed by atoms with van der Waals surface area (Å²) in [6.07, 6.45) is 2.07. The van der Waals surface area contributed by atoms with Crippen molar-refractivity contribution in [2.24, 2.45) is 0 Å². The largest absolute Gasteiger partial charge is 0.379 e. The van der Waals surface area contributed by atoms with Crippen molar-refractivity contribution in [1.29, 1.82) is 0 Å². The van der Waals surface area contributed by atoms with Crippen molar-refractivity contribution in [3.05, 3.63) is 34.9 Å². The van der Waals surface area contributed by atoms with Gasteiger partial charge < -0.3 is 10.1 Å². The lowest BCUT2D eigenvalue weighted by Gasteiger charge is -2.27. The molecule has 1 N–H and O–H groups in total. The molecule has 0 fully saturated rings. The minimum Gasteiger partial charge on any atom is -0.379 e. The lowest BCUT2D eigenvalue weighted by molar-refractivity contribution is 0.0124. The van der Waals surface area contributed by atoms with Crippen molar-refractivity contribution in [1.82, 2.24) is 5.32 Å². The van der Waals surface area contributed by atoms with E-state index in [1.165, 1.54) is 5.56 Å². The van der Waals surface area contributed by atoms with Crippen molar-refractivity contribution in [3.8, 4) is 0 Å². The molecule has 0 saturated carbocycles. The van der Waals surface area contributed by atoms with E-state index >= 15 is 0 Å². The van der Waals surface area contributed by atoms with Crippen LogP contribution in [0.3, 0.4) is 0 Å². The highest BCUT2D eigenvalue weighted by Gasteiger charge is 2.21. The number of ether oxygens (including phenoxy) is 1. The smallest absolute Gasteiger partial charge is 0.0623 e. The second-order valence-electron chi connectivity index (χ2n) is 6.28. The third-order valence-corrected chi connectivity index (χ3v) is 4.11. The van der Waals surface area contributed by atoms with Crippen LogP contribution in [0.25, 0.3) is 0 Å². The summed E-state index contributed by atoms with van der Waals surface area (Å²) in [6, 6.07) is 8.63. The quantitative estimate of drug-likeness (QED) is 0.755. The number of halogens is 1. The van der Waals surface area contributed by atoms with Gasteiger partial charge in [0.2, 0.25) is 0 Å². The molecule has 114 valence electrons. The van der Waals surface area contributed by atoms with Crippen molar-refractivity contribution in [3.63, 3.8) is 0 Å². The Balaban J connectivity index is 2.78. The molecule has 1 aromatic rings. The van der Waals surface area contributed by atoms with E-state index < -0.39 is 0 Å². The maximum absolute atomic E-state index is 6.36. The average molecular weight is 298 g/mol. The van der Waals surface area contributed by atoms with Crippen LogP contribution < -0.4 is 5.32 Å². The standard InChI is InChI=1S/C17H28ClNO/c1-13(2)19-12-14(10-11-17(3,4)20-5)15-8-6-7-9-16(15)18/h6-9,13-14,19H,10-12H2,1-5H3. The summed E-state index contributed by atoms with van der Waals surface area (Å²) in [4.78, 5) is 0. The van der Waals surface area contributed by atoms with Crippen LogP contribution in [-0.4, -0.2) is 25.3 Å². The van der Waals surface area contributed by atoms with Gasteiger partial charge in [0.25, 0.3) is 0 Å². The second-order valence-corrected chi connectivity index (χ2v) is 6.69. The maximum Gasteiger partial charge on any atom is 0.0623 e. The molecule has 0 aliphatic heterocycles. The Hall–Kier alpha value is -0.570. The summed E-state index contributed by atoms with van der Waals surface area (Å²) in [7, 11) is 1.77. The topological polar surface area (TPSA) is 21.3 Å². The summed E-state index contributed by atoms with van der Waals surface area (Å²) in [5, 5.41) is 4.39. The van der Waals surface area contributed by atoms with Crippen LogP contribution in [0.1, 0.15) is 52.0 Å². The van der Waals surface area contributed by atoms with Gasteiger partial charge in [0.1, 0.15) is 0 Å². The summed E-state index contributed by atoms with van der Waals surface area (Å²) in [5.41, 5.74) is 1.14.